The second kappa shape index (κ2) is 13.1. The van der Waals surface area contributed by atoms with E-state index < -0.39 is 5.41 Å². The molecule has 0 fully saturated rings. The number of fused-ring (bicyclic) bond motifs is 19. The predicted octanol–water partition coefficient (Wildman–Crippen LogP) is 16.3. The van der Waals surface area contributed by atoms with E-state index in [9.17, 15) is 0 Å². The average Bonchev–Trinajstić information content (AvgIpc) is 4.09. The van der Waals surface area contributed by atoms with Crippen LogP contribution in [0.4, 0.5) is 0 Å². The van der Waals surface area contributed by atoms with Gasteiger partial charge in [0.1, 0.15) is 0 Å². The molecule has 0 radical (unpaired) electrons. The van der Waals surface area contributed by atoms with Gasteiger partial charge in [0.05, 0.1) is 5.41 Å². The molecule has 5 heteroatoms. The van der Waals surface area contributed by atoms with E-state index in [1.165, 1.54) is 106 Å². The van der Waals surface area contributed by atoms with Crippen LogP contribution >= 0.6 is 22.7 Å². The summed E-state index contributed by atoms with van der Waals surface area (Å²) in [4.78, 5) is 15.9. The zero-order chi connectivity index (χ0) is 42.4. The van der Waals surface area contributed by atoms with Crippen LogP contribution in [0.2, 0.25) is 0 Å². The van der Waals surface area contributed by atoms with Gasteiger partial charge in [0, 0.05) is 57.0 Å². The largest absolute Gasteiger partial charge is 0.208 e. The van der Waals surface area contributed by atoms with E-state index >= 15 is 0 Å². The SMILES string of the molecule is c1ccc(-c2nc(-c3ccc4c(c3)C3(c5ccccc5-c5ccccc53)c3cc5ccccc5cc3-4)nc(-c3ccc4c(c3)sc3ccc5sc6cc7ccccc7cc6c5c34)n2)cc1. The molecule has 1 spiro atoms. The van der Waals surface area contributed by atoms with Crippen molar-refractivity contribution in [3.63, 3.8) is 0 Å². The van der Waals surface area contributed by atoms with E-state index in [4.69, 9.17) is 15.0 Å². The van der Waals surface area contributed by atoms with Gasteiger partial charge in [-0.25, -0.2) is 15.0 Å². The Morgan fingerprint density at radius 3 is 1.48 bits per heavy atom. The lowest BCUT2D eigenvalue weighted by molar-refractivity contribution is 0.795. The van der Waals surface area contributed by atoms with Gasteiger partial charge in [-0.05, 0) is 115 Å². The zero-order valence-corrected chi connectivity index (χ0v) is 36.3. The summed E-state index contributed by atoms with van der Waals surface area (Å²) in [6, 6.07) is 73.6. The Morgan fingerprint density at radius 1 is 0.292 bits per heavy atom. The van der Waals surface area contributed by atoms with Crippen molar-refractivity contribution in [3.05, 3.63) is 222 Å². The maximum atomic E-state index is 5.38. The number of hydrogen-bond acceptors (Lipinski definition) is 5. The molecule has 0 unspecified atom stereocenters. The van der Waals surface area contributed by atoms with E-state index in [1.54, 1.807) is 0 Å². The summed E-state index contributed by atoms with van der Waals surface area (Å²) in [6.45, 7) is 0. The van der Waals surface area contributed by atoms with E-state index in [-0.39, 0.29) is 0 Å². The van der Waals surface area contributed by atoms with Gasteiger partial charge < -0.3 is 0 Å². The Bertz CT molecular complexity index is 4150. The fraction of sp³-hybridized carbons (Fsp3) is 0.0167. The molecule has 65 heavy (non-hydrogen) atoms. The highest BCUT2D eigenvalue weighted by molar-refractivity contribution is 7.28. The molecule has 15 rings (SSSR count). The van der Waals surface area contributed by atoms with Gasteiger partial charge in [-0.1, -0.05) is 152 Å². The van der Waals surface area contributed by atoms with Crippen LogP contribution in [0.25, 0.3) is 118 Å². The second-order valence-corrected chi connectivity index (χ2v) is 19.6. The van der Waals surface area contributed by atoms with Gasteiger partial charge in [0.2, 0.25) is 0 Å². The molecule has 0 saturated heterocycles. The Hall–Kier alpha value is -7.83. The third kappa shape index (κ3) is 4.91. The molecule has 3 heterocycles. The Balaban J connectivity index is 0.942. The quantitative estimate of drug-likeness (QED) is 0.178. The van der Waals surface area contributed by atoms with Crippen LogP contribution in [0, 0.1) is 0 Å². The monoisotopic (exact) mass is 859 g/mol. The van der Waals surface area contributed by atoms with Crippen LogP contribution in [0.1, 0.15) is 22.3 Å². The lowest BCUT2D eigenvalue weighted by Crippen LogP contribution is -2.26. The van der Waals surface area contributed by atoms with E-state index in [2.05, 4.69) is 194 Å². The van der Waals surface area contributed by atoms with Crippen LogP contribution in [0.3, 0.4) is 0 Å². The minimum atomic E-state index is -0.505. The van der Waals surface area contributed by atoms with Gasteiger partial charge in [-0.2, -0.15) is 0 Å². The highest BCUT2D eigenvalue weighted by Gasteiger charge is 2.51. The number of thiophene rings is 2. The summed E-state index contributed by atoms with van der Waals surface area (Å²) in [5.41, 5.74) is 12.7. The van der Waals surface area contributed by atoms with Gasteiger partial charge in [0.25, 0.3) is 0 Å². The number of nitrogens with zero attached hydrogens (tertiary/aromatic N) is 3. The first kappa shape index (κ1) is 35.6. The maximum Gasteiger partial charge on any atom is 0.164 e. The highest BCUT2D eigenvalue weighted by atomic mass is 32.1. The number of hydrogen-bond donors (Lipinski definition) is 0. The standard InChI is InChI=1S/C60H33N3S2/c1-2-12-34(13-3-1)57-61-58(63-59(62-57)40-23-25-44-53(33-40)64-51-26-27-52-56(55(44)51)46-29-36-15-5-7-17-38(36)32-54(46)65-52)39-22-24-43-45-28-35-14-4-6-16-37(35)30-50(45)60(49(43)31-39)47-20-10-8-18-41(47)42-19-9-11-21-48(42)60/h1-33H. The second-order valence-electron chi connectivity index (χ2n) is 17.4. The van der Waals surface area contributed by atoms with Crippen molar-refractivity contribution in [3.8, 4) is 56.4 Å². The van der Waals surface area contributed by atoms with Crippen LogP contribution in [-0.4, -0.2) is 15.0 Å². The summed E-state index contributed by atoms with van der Waals surface area (Å²) in [5, 5.41) is 10.3. The molecule has 0 saturated carbocycles. The van der Waals surface area contributed by atoms with Crippen molar-refractivity contribution in [1.82, 2.24) is 15.0 Å². The molecule has 0 atom stereocenters. The fourth-order valence-corrected chi connectivity index (χ4v) is 13.6. The Morgan fingerprint density at radius 2 is 0.785 bits per heavy atom. The molecule has 3 aromatic heterocycles. The van der Waals surface area contributed by atoms with Crippen molar-refractivity contribution in [1.29, 1.82) is 0 Å². The smallest absolute Gasteiger partial charge is 0.164 e. The van der Waals surface area contributed by atoms with Gasteiger partial charge in [0.15, 0.2) is 17.5 Å². The first-order chi connectivity index (χ1) is 32.2. The third-order valence-corrected chi connectivity index (χ3v) is 16.3. The summed E-state index contributed by atoms with van der Waals surface area (Å²) in [6.07, 6.45) is 0. The van der Waals surface area contributed by atoms with Gasteiger partial charge >= 0.3 is 0 Å². The minimum absolute atomic E-state index is 0.505. The molecule has 0 amide bonds. The van der Waals surface area contributed by atoms with E-state index in [1.807, 2.05) is 28.7 Å². The minimum Gasteiger partial charge on any atom is -0.208 e. The normalized spacial score (nSPS) is 13.4. The topological polar surface area (TPSA) is 38.7 Å². The van der Waals surface area contributed by atoms with Crippen LogP contribution < -0.4 is 0 Å². The summed E-state index contributed by atoms with van der Waals surface area (Å²) < 4.78 is 5.15. The summed E-state index contributed by atoms with van der Waals surface area (Å²) in [7, 11) is 0. The van der Waals surface area contributed by atoms with Gasteiger partial charge in [-0.3, -0.25) is 0 Å². The van der Waals surface area contributed by atoms with E-state index in [0.717, 1.165) is 16.7 Å². The van der Waals surface area contributed by atoms with Crippen molar-refractivity contribution < 1.29 is 0 Å². The molecule has 0 bridgehead atoms. The Labute approximate surface area is 381 Å². The molecule has 300 valence electrons. The first-order valence-electron chi connectivity index (χ1n) is 22.1. The third-order valence-electron chi connectivity index (χ3n) is 14.1. The molecule has 13 aromatic rings. The van der Waals surface area contributed by atoms with Gasteiger partial charge in [-0.15, -0.1) is 22.7 Å². The van der Waals surface area contributed by atoms with Crippen LogP contribution in [0.15, 0.2) is 200 Å². The van der Waals surface area contributed by atoms with Crippen molar-refractivity contribution in [2.45, 2.75) is 5.41 Å². The van der Waals surface area contributed by atoms with Crippen molar-refractivity contribution >= 4 is 84.6 Å². The number of benzene rings is 10. The fourth-order valence-electron chi connectivity index (χ4n) is 11.3. The molecular weight excluding hydrogens is 827 g/mol. The predicted molar refractivity (Wildman–Crippen MR) is 273 cm³/mol. The first-order valence-corrected chi connectivity index (χ1v) is 23.7. The van der Waals surface area contributed by atoms with E-state index in [0.29, 0.717) is 17.5 Å². The molecule has 10 aromatic carbocycles. The lowest BCUT2D eigenvalue weighted by Gasteiger charge is -2.31. The van der Waals surface area contributed by atoms with Crippen LogP contribution in [0.5, 0.6) is 0 Å². The summed E-state index contributed by atoms with van der Waals surface area (Å²) >= 11 is 3.73. The molecule has 0 aliphatic heterocycles. The average molecular weight is 860 g/mol. The summed E-state index contributed by atoms with van der Waals surface area (Å²) in [5.74, 6) is 1.97. The number of rotatable bonds is 3. The molecule has 0 N–H and O–H groups in total. The zero-order valence-electron chi connectivity index (χ0n) is 34.7. The molecule has 2 aliphatic carbocycles. The maximum absolute atomic E-state index is 5.38. The van der Waals surface area contributed by atoms with Crippen molar-refractivity contribution in [2.75, 3.05) is 0 Å². The van der Waals surface area contributed by atoms with Crippen molar-refractivity contribution in [2.24, 2.45) is 0 Å². The highest BCUT2D eigenvalue weighted by Crippen LogP contribution is 2.63. The Kier molecular flexibility index (Phi) is 7.19. The number of aromatic nitrogens is 3. The molecular formula is C60H33N3S2. The molecule has 3 nitrogen and oxygen atoms in total. The van der Waals surface area contributed by atoms with Crippen LogP contribution in [-0.2, 0) is 5.41 Å². The molecule has 2 aliphatic rings. The lowest BCUT2D eigenvalue weighted by atomic mass is 9.70.